The van der Waals surface area contributed by atoms with Crippen molar-refractivity contribution in [2.24, 2.45) is 0 Å². The van der Waals surface area contributed by atoms with E-state index >= 15 is 0 Å². The van der Waals surface area contributed by atoms with Crippen molar-refractivity contribution < 1.29 is 4.39 Å². The maximum absolute atomic E-state index is 11.2. The molecule has 0 amide bonds. The van der Waals surface area contributed by atoms with Crippen LogP contribution in [0.1, 0.15) is 13.3 Å². The molecule has 0 aromatic rings. The lowest BCUT2D eigenvalue weighted by Crippen LogP contribution is -1.89. The number of rotatable bonds is 2. The van der Waals surface area contributed by atoms with E-state index in [4.69, 9.17) is 11.6 Å². The van der Waals surface area contributed by atoms with E-state index in [1.807, 2.05) is 0 Å². The standard InChI is InChI=1S/C4H8ClF/c1-4(5)2-3-6/h4H,2-3H2,1H3. The highest BCUT2D eigenvalue weighted by Gasteiger charge is 1.90. The molecule has 0 N–H and O–H groups in total. The molecule has 6 heavy (non-hydrogen) atoms. The maximum atomic E-state index is 11.2. The molecule has 0 aromatic carbocycles. The highest BCUT2D eigenvalue weighted by Crippen LogP contribution is 1.97. The molecule has 0 saturated heterocycles. The van der Waals surface area contributed by atoms with Crippen LogP contribution in [0, 0.1) is 0 Å². The van der Waals surface area contributed by atoms with Gasteiger partial charge in [-0.3, -0.25) is 4.39 Å². The van der Waals surface area contributed by atoms with Crippen molar-refractivity contribution in [1.82, 2.24) is 0 Å². The first-order chi connectivity index (χ1) is 2.77. The second-order valence-electron chi connectivity index (χ2n) is 1.26. The number of hydrogen-bond acceptors (Lipinski definition) is 0. The topological polar surface area (TPSA) is 0 Å². The largest absolute Gasteiger partial charge is 0.251 e. The molecule has 0 aliphatic rings. The Balaban J connectivity index is 2.63. The van der Waals surface area contributed by atoms with Gasteiger partial charge < -0.3 is 0 Å². The van der Waals surface area contributed by atoms with Gasteiger partial charge in [-0.1, -0.05) is 0 Å². The van der Waals surface area contributed by atoms with Crippen molar-refractivity contribution >= 4 is 11.6 Å². The molecule has 0 aliphatic heterocycles. The Morgan fingerprint density at radius 1 is 1.83 bits per heavy atom. The van der Waals surface area contributed by atoms with Gasteiger partial charge >= 0.3 is 0 Å². The molecule has 0 nitrogen and oxygen atoms in total. The molecule has 0 radical (unpaired) electrons. The molecule has 1 atom stereocenters. The summed E-state index contributed by atoms with van der Waals surface area (Å²) in [6, 6.07) is 0. The normalized spacial score (nSPS) is 14.5. The van der Waals surface area contributed by atoms with Crippen LogP contribution in [0.5, 0.6) is 0 Å². The lowest BCUT2D eigenvalue weighted by molar-refractivity contribution is 0.471. The summed E-state index contributed by atoms with van der Waals surface area (Å²) < 4.78 is 11.2. The predicted octanol–water partition coefficient (Wildman–Crippen LogP) is 1.97. The zero-order chi connectivity index (χ0) is 4.99. The molecule has 0 aliphatic carbocycles. The van der Waals surface area contributed by atoms with E-state index in [9.17, 15) is 4.39 Å². The van der Waals surface area contributed by atoms with Crippen LogP contribution in [-0.2, 0) is 0 Å². The van der Waals surface area contributed by atoms with Crippen LogP contribution < -0.4 is 0 Å². The first-order valence-electron chi connectivity index (χ1n) is 1.97. The molecule has 0 rings (SSSR count). The zero-order valence-electron chi connectivity index (χ0n) is 3.75. The predicted molar refractivity (Wildman–Crippen MR) is 25.9 cm³/mol. The fourth-order valence-corrected chi connectivity index (χ4v) is 0.233. The minimum Gasteiger partial charge on any atom is -0.251 e. The van der Waals surface area contributed by atoms with E-state index in [0.29, 0.717) is 6.42 Å². The smallest absolute Gasteiger partial charge is 0.0908 e. The molecule has 38 valence electrons. The minimum atomic E-state index is -0.301. The number of halogens is 2. The van der Waals surface area contributed by atoms with Crippen molar-refractivity contribution in [2.45, 2.75) is 18.7 Å². The van der Waals surface area contributed by atoms with Crippen molar-refractivity contribution in [3.8, 4) is 0 Å². The Hall–Kier alpha value is 0.220. The zero-order valence-corrected chi connectivity index (χ0v) is 4.50. The summed E-state index contributed by atoms with van der Waals surface area (Å²) in [7, 11) is 0. The molecule has 0 heterocycles. The van der Waals surface area contributed by atoms with Crippen LogP contribution >= 0.6 is 11.6 Å². The summed E-state index contributed by atoms with van der Waals surface area (Å²) in [6.07, 6.45) is 0.474. The third-order valence-corrected chi connectivity index (χ3v) is 0.725. The van der Waals surface area contributed by atoms with E-state index in [1.54, 1.807) is 6.92 Å². The number of hydrogen-bond donors (Lipinski definition) is 0. The van der Waals surface area contributed by atoms with Crippen LogP contribution in [0.15, 0.2) is 0 Å². The van der Waals surface area contributed by atoms with Gasteiger partial charge in [0.2, 0.25) is 0 Å². The first-order valence-corrected chi connectivity index (χ1v) is 2.41. The fraction of sp³-hybridized carbons (Fsp3) is 1.00. The van der Waals surface area contributed by atoms with Gasteiger partial charge in [0.25, 0.3) is 0 Å². The second-order valence-corrected chi connectivity index (χ2v) is 2.00. The molecule has 0 aromatic heterocycles. The van der Waals surface area contributed by atoms with Crippen LogP contribution in [0.2, 0.25) is 0 Å². The van der Waals surface area contributed by atoms with Crippen molar-refractivity contribution in [3.63, 3.8) is 0 Å². The SMILES string of the molecule is CC(Cl)CCF. The van der Waals surface area contributed by atoms with Gasteiger partial charge in [-0.25, -0.2) is 0 Å². The third kappa shape index (κ3) is 4.22. The Morgan fingerprint density at radius 2 is 2.33 bits per heavy atom. The maximum Gasteiger partial charge on any atom is 0.0908 e. The van der Waals surface area contributed by atoms with Gasteiger partial charge in [-0.15, -0.1) is 11.6 Å². The van der Waals surface area contributed by atoms with Gasteiger partial charge in [-0.05, 0) is 13.3 Å². The Bertz CT molecular complexity index is 28.7. The highest BCUT2D eigenvalue weighted by atomic mass is 35.5. The monoisotopic (exact) mass is 110 g/mol. The molecule has 0 bridgehead atoms. The van der Waals surface area contributed by atoms with E-state index in [0.717, 1.165) is 0 Å². The summed E-state index contributed by atoms with van der Waals surface area (Å²) in [6.45, 7) is 1.48. The van der Waals surface area contributed by atoms with Gasteiger partial charge in [0, 0.05) is 5.38 Å². The first kappa shape index (κ1) is 6.22. The highest BCUT2D eigenvalue weighted by molar-refractivity contribution is 6.20. The molecule has 2 heteroatoms. The molecular weight excluding hydrogens is 102 g/mol. The van der Waals surface area contributed by atoms with E-state index in [1.165, 1.54) is 0 Å². The minimum absolute atomic E-state index is 0.00463. The third-order valence-electron chi connectivity index (χ3n) is 0.507. The van der Waals surface area contributed by atoms with E-state index < -0.39 is 0 Å². The summed E-state index contributed by atoms with van der Waals surface area (Å²) in [5, 5.41) is -0.00463. The fourth-order valence-electron chi connectivity index (χ4n) is 0.150. The summed E-state index contributed by atoms with van der Waals surface area (Å²) >= 11 is 5.34. The van der Waals surface area contributed by atoms with Crippen molar-refractivity contribution in [3.05, 3.63) is 0 Å². The summed E-state index contributed by atoms with van der Waals surface area (Å²) in [5.74, 6) is 0. The average molecular weight is 111 g/mol. The molecule has 1 unspecified atom stereocenters. The Kier molecular flexibility index (Phi) is 3.54. The van der Waals surface area contributed by atoms with Crippen molar-refractivity contribution in [2.75, 3.05) is 6.67 Å². The van der Waals surface area contributed by atoms with E-state index in [-0.39, 0.29) is 12.1 Å². The molecular formula is C4H8ClF. The van der Waals surface area contributed by atoms with E-state index in [2.05, 4.69) is 0 Å². The lowest BCUT2D eigenvalue weighted by atomic mass is 10.4. The molecule has 0 spiro atoms. The summed E-state index contributed by atoms with van der Waals surface area (Å²) in [5.41, 5.74) is 0. The Morgan fingerprint density at radius 3 is 2.33 bits per heavy atom. The quantitative estimate of drug-likeness (QED) is 0.477. The van der Waals surface area contributed by atoms with Crippen molar-refractivity contribution in [1.29, 1.82) is 0 Å². The molecule has 0 saturated carbocycles. The number of alkyl halides is 2. The van der Waals surface area contributed by atoms with Crippen LogP contribution in [-0.4, -0.2) is 12.1 Å². The van der Waals surface area contributed by atoms with Gasteiger partial charge in [0.05, 0.1) is 6.67 Å². The Labute approximate surface area is 42.3 Å². The van der Waals surface area contributed by atoms with Gasteiger partial charge in [0.1, 0.15) is 0 Å². The van der Waals surface area contributed by atoms with Gasteiger partial charge in [0.15, 0.2) is 0 Å². The summed E-state index contributed by atoms with van der Waals surface area (Å²) in [4.78, 5) is 0. The second kappa shape index (κ2) is 3.41. The van der Waals surface area contributed by atoms with Crippen LogP contribution in [0.25, 0.3) is 0 Å². The average Bonchev–Trinajstić information content (AvgIpc) is 1.35. The molecule has 0 fully saturated rings. The van der Waals surface area contributed by atoms with Crippen LogP contribution in [0.3, 0.4) is 0 Å². The van der Waals surface area contributed by atoms with Gasteiger partial charge in [-0.2, -0.15) is 0 Å². The van der Waals surface area contributed by atoms with Crippen LogP contribution in [0.4, 0.5) is 4.39 Å². The lowest BCUT2D eigenvalue weighted by Gasteiger charge is -1.91.